The summed E-state index contributed by atoms with van der Waals surface area (Å²) < 4.78 is 0. The molecule has 1 aliphatic carbocycles. The van der Waals surface area contributed by atoms with Gasteiger partial charge in [-0.1, -0.05) is 32.6 Å². The zero-order valence-electron chi connectivity index (χ0n) is 12.6. The van der Waals surface area contributed by atoms with Crippen LogP contribution in [0.1, 0.15) is 51.9 Å². The lowest BCUT2D eigenvalue weighted by Gasteiger charge is -2.40. The zero-order valence-corrected chi connectivity index (χ0v) is 12.6. The van der Waals surface area contributed by atoms with Crippen molar-refractivity contribution in [2.24, 2.45) is 11.8 Å². The van der Waals surface area contributed by atoms with Gasteiger partial charge >= 0.3 is 0 Å². The molecule has 1 saturated carbocycles. The average Bonchev–Trinajstić information content (AvgIpc) is 2.46. The number of nitrogens with one attached hydrogen (secondary N) is 1. The molecule has 19 heavy (non-hydrogen) atoms. The van der Waals surface area contributed by atoms with E-state index in [4.69, 9.17) is 5.11 Å². The Morgan fingerprint density at radius 1 is 1.11 bits per heavy atom. The Balaban J connectivity index is 1.80. The largest absolute Gasteiger partial charge is 0.395 e. The van der Waals surface area contributed by atoms with E-state index < -0.39 is 0 Å². The van der Waals surface area contributed by atoms with Crippen LogP contribution >= 0.6 is 0 Å². The van der Waals surface area contributed by atoms with Gasteiger partial charge < -0.3 is 15.3 Å². The number of piperidine rings is 1. The smallest absolute Gasteiger partial charge is 0.0556 e. The molecular weight excluding hydrogens is 236 g/mol. The molecule has 2 fully saturated rings. The van der Waals surface area contributed by atoms with Crippen molar-refractivity contribution in [1.29, 1.82) is 0 Å². The molecule has 1 aliphatic heterocycles. The Labute approximate surface area is 118 Å². The van der Waals surface area contributed by atoms with Gasteiger partial charge in [-0.15, -0.1) is 0 Å². The molecule has 2 unspecified atom stereocenters. The molecule has 0 bridgehead atoms. The highest BCUT2D eigenvalue weighted by molar-refractivity contribution is 4.84. The minimum atomic E-state index is 0.260. The molecule has 2 rings (SSSR count). The lowest BCUT2D eigenvalue weighted by atomic mass is 9.86. The molecule has 2 N–H and O–H groups in total. The van der Waals surface area contributed by atoms with Crippen molar-refractivity contribution in [3.05, 3.63) is 0 Å². The maximum atomic E-state index is 8.97. The number of aliphatic hydroxyl groups excluding tert-OH is 1. The van der Waals surface area contributed by atoms with E-state index in [9.17, 15) is 0 Å². The fourth-order valence-corrected chi connectivity index (χ4v) is 3.90. The van der Waals surface area contributed by atoms with Crippen LogP contribution in [0.3, 0.4) is 0 Å². The predicted octanol–water partition coefficient (Wildman–Crippen LogP) is 2.25. The Morgan fingerprint density at radius 3 is 2.58 bits per heavy atom. The van der Waals surface area contributed by atoms with Gasteiger partial charge in [0.1, 0.15) is 0 Å². The maximum Gasteiger partial charge on any atom is 0.0556 e. The van der Waals surface area contributed by atoms with Gasteiger partial charge in [0.25, 0.3) is 0 Å². The first kappa shape index (κ1) is 15.3. The summed E-state index contributed by atoms with van der Waals surface area (Å²) >= 11 is 0. The quantitative estimate of drug-likeness (QED) is 0.775. The van der Waals surface area contributed by atoms with E-state index in [-0.39, 0.29) is 6.61 Å². The van der Waals surface area contributed by atoms with E-state index in [1.165, 1.54) is 64.6 Å². The third-order valence-electron chi connectivity index (χ3n) is 4.98. The summed E-state index contributed by atoms with van der Waals surface area (Å²) in [6.07, 6.45) is 9.82. The first-order chi connectivity index (χ1) is 9.31. The van der Waals surface area contributed by atoms with E-state index in [2.05, 4.69) is 17.1 Å². The summed E-state index contributed by atoms with van der Waals surface area (Å²) in [5.74, 6) is 1.79. The van der Waals surface area contributed by atoms with Crippen molar-refractivity contribution >= 4 is 0 Å². The maximum absolute atomic E-state index is 8.97. The number of hydrogen-bond acceptors (Lipinski definition) is 3. The van der Waals surface area contributed by atoms with Crippen LogP contribution in [0.15, 0.2) is 0 Å². The van der Waals surface area contributed by atoms with Crippen molar-refractivity contribution in [3.63, 3.8) is 0 Å². The highest BCUT2D eigenvalue weighted by Gasteiger charge is 2.27. The van der Waals surface area contributed by atoms with Crippen molar-refractivity contribution in [2.45, 2.75) is 57.9 Å². The first-order valence-electron chi connectivity index (χ1n) is 8.38. The molecule has 0 aromatic rings. The van der Waals surface area contributed by atoms with Crippen LogP contribution < -0.4 is 5.32 Å². The lowest BCUT2D eigenvalue weighted by Crippen LogP contribution is -2.50. The van der Waals surface area contributed by atoms with Crippen LogP contribution in [0, 0.1) is 11.8 Å². The van der Waals surface area contributed by atoms with E-state index in [1.807, 2.05) is 0 Å². The zero-order chi connectivity index (χ0) is 13.5. The van der Waals surface area contributed by atoms with Gasteiger partial charge in [0.15, 0.2) is 0 Å². The van der Waals surface area contributed by atoms with Crippen molar-refractivity contribution in [2.75, 3.05) is 32.8 Å². The van der Waals surface area contributed by atoms with Crippen LogP contribution in [0.2, 0.25) is 0 Å². The van der Waals surface area contributed by atoms with Crippen LogP contribution in [-0.4, -0.2) is 48.8 Å². The number of hydrogen-bond donors (Lipinski definition) is 2. The topological polar surface area (TPSA) is 35.5 Å². The Hall–Kier alpha value is -0.120. The number of likely N-dealkylation sites (tertiary alicyclic amines) is 1. The summed E-state index contributed by atoms with van der Waals surface area (Å²) in [7, 11) is 0. The minimum absolute atomic E-state index is 0.260. The molecule has 0 aromatic heterocycles. The molecule has 3 nitrogen and oxygen atoms in total. The molecule has 1 saturated heterocycles. The number of nitrogens with zero attached hydrogens (tertiary/aromatic N) is 1. The van der Waals surface area contributed by atoms with E-state index >= 15 is 0 Å². The fourth-order valence-electron chi connectivity index (χ4n) is 3.90. The summed E-state index contributed by atoms with van der Waals surface area (Å²) in [5.41, 5.74) is 0. The van der Waals surface area contributed by atoms with Gasteiger partial charge in [-0.2, -0.15) is 0 Å². The van der Waals surface area contributed by atoms with E-state index in [0.29, 0.717) is 6.04 Å². The van der Waals surface area contributed by atoms with Gasteiger partial charge in [0.05, 0.1) is 6.61 Å². The second-order valence-corrected chi connectivity index (χ2v) is 6.61. The third kappa shape index (κ3) is 5.05. The van der Waals surface area contributed by atoms with Gasteiger partial charge in [-0.25, -0.2) is 0 Å². The third-order valence-corrected chi connectivity index (χ3v) is 4.98. The summed E-state index contributed by atoms with van der Waals surface area (Å²) in [5, 5.41) is 12.5. The normalized spacial score (nSPS) is 30.6. The van der Waals surface area contributed by atoms with Gasteiger partial charge in [0, 0.05) is 32.2 Å². The standard InChI is InChI=1S/C16H32N2O/c1-2-14-10-16(17-8-9-19)13-18(11-14)12-15-6-4-3-5-7-15/h14-17,19H,2-13H2,1H3. The molecule has 2 atom stereocenters. The Morgan fingerprint density at radius 2 is 1.89 bits per heavy atom. The molecule has 0 radical (unpaired) electrons. The number of aliphatic hydroxyl groups is 1. The summed E-state index contributed by atoms with van der Waals surface area (Å²) in [6.45, 7) is 7.12. The minimum Gasteiger partial charge on any atom is -0.395 e. The highest BCUT2D eigenvalue weighted by Crippen LogP contribution is 2.27. The van der Waals surface area contributed by atoms with Crippen LogP contribution in [0.5, 0.6) is 0 Å². The van der Waals surface area contributed by atoms with Gasteiger partial charge in [-0.05, 0) is 31.1 Å². The van der Waals surface area contributed by atoms with Gasteiger partial charge in [-0.3, -0.25) is 0 Å². The second-order valence-electron chi connectivity index (χ2n) is 6.61. The second kappa shape index (κ2) is 8.23. The highest BCUT2D eigenvalue weighted by atomic mass is 16.3. The molecule has 2 aliphatic rings. The van der Waals surface area contributed by atoms with Gasteiger partial charge in [0.2, 0.25) is 0 Å². The van der Waals surface area contributed by atoms with Crippen molar-refractivity contribution in [3.8, 4) is 0 Å². The van der Waals surface area contributed by atoms with Crippen LogP contribution in [-0.2, 0) is 0 Å². The van der Waals surface area contributed by atoms with Crippen molar-refractivity contribution in [1.82, 2.24) is 10.2 Å². The molecule has 0 amide bonds. The van der Waals surface area contributed by atoms with E-state index in [1.54, 1.807) is 0 Å². The fraction of sp³-hybridized carbons (Fsp3) is 1.00. The molecule has 0 spiro atoms. The monoisotopic (exact) mass is 268 g/mol. The van der Waals surface area contributed by atoms with Crippen molar-refractivity contribution < 1.29 is 5.11 Å². The SMILES string of the molecule is CCC1CC(NCCO)CN(CC2CCCCC2)C1. The van der Waals surface area contributed by atoms with Crippen LogP contribution in [0.4, 0.5) is 0 Å². The molecule has 3 heteroatoms. The Bertz CT molecular complexity index is 241. The molecular formula is C16H32N2O. The van der Waals surface area contributed by atoms with E-state index in [0.717, 1.165) is 18.4 Å². The predicted molar refractivity (Wildman–Crippen MR) is 80.3 cm³/mol. The average molecular weight is 268 g/mol. The molecule has 112 valence electrons. The number of rotatable bonds is 6. The molecule has 0 aromatic carbocycles. The molecule has 1 heterocycles. The van der Waals surface area contributed by atoms with Crippen LogP contribution in [0.25, 0.3) is 0 Å². The first-order valence-corrected chi connectivity index (χ1v) is 8.38. The summed E-state index contributed by atoms with van der Waals surface area (Å²) in [6, 6.07) is 0.592. The Kier molecular flexibility index (Phi) is 6.62. The summed E-state index contributed by atoms with van der Waals surface area (Å²) in [4.78, 5) is 2.70. The lowest BCUT2D eigenvalue weighted by molar-refractivity contribution is 0.108.